The van der Waals surface area contributed by atoms with Crippen LogP contribution >= 0.6 is 0 Å². The van der Waals surface area contributed by atoms with E-state index >= 15 is 0 Å². The van der Waals surface area contributed by atoms with Crippen molar-refractivity contribution < 1.29 is 24.5 Å². The molecular weight excluding hydrogens is 272 g/mol. The molecule has 0 amide bonds. The van der Waals surface area contributed by atoms with Crippen LogP contribution < -0.4 is 9.47 Å². The van der Waals surface area contributed by atoms with Gasteiger partial charge in [-0.25, -0.2) is 0 Å². The van der Waals surface area contributed by atoms with Gasteiger partial charge in [0.25, 0.3) is 0 Å². The summed E-state index contributed by atoms with van der Waals surface area (Å²) in [5.41, 5.74) is -0.937. The Kier molecular flexibility index (Phi) is 5.07. The molecule has 2 N–H and O–H groups in total. The molecule has 1 fully saturated rings. The number of aliphatic carboxylic acids is 1. The molecule has 0 spiro atoms. The number of carboxylic acids is 1. The van der Waals surface area contributed by atoms with Crippen LogP contribution in [-0.2, 0) is 4.79 Å². The Labute approximate surface area is 124 Å². The highest BCUT2D eigenvalue weighted by atomic mass is 16.5. The maximum Gasteiger partial charge on any atom is 0.306 e. The van der Waals surface area contributed by atoms with Gasteiger partial charge in [0.2, 0.25) is 0 Å². The molecule has 1 saturated carbocycles. The Balaban J connectivity index is 1.88. The number of ether oxygens (including phenoxy) is 2. The van der Waals surface area contributed by atoms with Crippen molar-refractivity contribution in [1.29, 1.82) is 0 Å². The van der Waals surface area contributed by atoms with Gasteiger partial charge in [-0.2, -0.15) is 0 Å². The van der Waals surface area contributed by atoms with Crippen molar-refractivity contribution in [3.8, 4) is 11.5 Å². The smallest absolute Gasteiger partial charge is 0.306 e. The van der Waals surface area contributed by atoms with Crippen LogP contribution in [0.15, 0.2) is 24.3 Å². The molecule has 1 aromatic rings. The van der Waals surface area contributed by atoms with Gasteiger partial charge in [0.15, 0.2) is 0 Å². The molecule has 0 aliphatic heterocycles. The Morgan fingerprint density at radius 2 is 1.90 bits per heavy atom. The van der Waals surface area contributed by atoms with E-state index in [-0.39, 0.29) is 12.5 Å². The predicted molar refractivity (Wildman–Crippen MR) is 77.6 cm³/mol. The monoisotopic (exact) mass is 294 g/mol. The normalized spacial score (nSPS) is 25.3. The fourth-order valence-corrected chi connectivity index (χ4v) is 2.58. The second-order valence-electron chi connectivity index (χ2n) is 5.53. The molecule has 1 aliphatic rings. The van der Waals surface area contributed by atoms with E-state index in [9.17, 15) is 9.90 Å². The van der Waals surface area contributed by atoms with E-state index in [0.717, 1.165) is 5.75 Å². The van der Waals surface area contributed by atoms with E-state index in [2.05, 4.69) is 0 Å². The van der Waals surface area contributed by atoms with Gasteiger partial charge in [0, 0.05) is 6.07 Å². The van der Waals surface area contributed by atoms with Crippen LogP contribution in [0.25, 0.3) is 0 Å². The standard InChI is InChI=1S/C16H22O5/c1-2-20-13-4-3-5-14(10-13)21-11-16(19)8-6-12(7-9-16)15(17)18/h3-5,10,12,19H,2,6-9,11H2,1H3,(H,17,18). The van der Waals surface area contributed by atoms with Gasteiger partial charge in [0.1, 0.15) is 18.1 Å². The lowest BCUT2D eigenvalue weighted by molar-refractivity contribution is -0.145. The summed E-state index contributed by atoms with van der Waals surface area (Å²) in [6.07, 6.45) is 1.90. The number of rotatable bonds is 6. The molecule has 116 valence electrons. The van der Waals surface area contributed by atoms with E-state index < -0.39 is 11.6 Å². The lowest BCUT2D eigenvalue weighted by atomic mass is 9.79. The minimum atomic E-state index is -0.937. The van der Waals surface area contributed by atoms with Gasteiger partial charge in [-0.3, -0.25) is 4.79 Å². The summed E-state index contributed by atoms with van der Waals surface area (Å²) in [7, 11) is 0. The van der Waals surface area contributed by atoms with Crippen molar-refractivity contribution >= 4 is 5.97 Å². The molecule has 0 atom stereocenters. The number of hydrogen-bond donors (Lipinski definition) is 2. The number of benzene rings is 1. The predicted octanol–water partition coefficient (Wildman–Crippen LogP) is 2.47. The van der Waals surface area contributed by atoms with E-state index in [1.807, 2.05) is 25.1 Å². The quantitative estimate of drug-likeness (QED) is 0.843. The van der Waals surface area contributed by atoms with Gasteiger partial charge in [-0.05, 0) is 44.7 Å². The fraction of sp³-hybridized carbons (Fsp3) is 0.562. The zero-order valence-corrected chi connectivity index (χ0v) is 12.2. The van der Waals surface area contributed by atoms with Crippen molar-refractivity contribution in [3.05, 3.63) is 24.3 Å². The molecule has 0 saturated heterocycles. The first-order valence-electron chi connectivity index (χ1n) is 7.33. The Morgan fingerprint density at radius 3 is 2.48 bits per heavy atom. The van der Waals surface area contributed by atoms with Gasteiger partial charge in [-0.1, -0.05) is 6.07 Å². The summed E-state index contributed by atoms with van der Waals surface area (Å²) < 4.78 is 11.0. The first kappa shape index (κ1) is 15.6. The van der Waals surface area contributed by atoms with Crippen LogP contribution in [0.2, 0.25) is 0 Å². The molecule has 0 bridgehead atoms. The Hall–Kier alpha value is -1.75. The molecule has 0 aromatic heterocycles. The van der Waals surface area contributed by atoms with Crippen molar-refractivity contribution in [2.75, 3.05) is 13.2 Å². The number of carboxylic acid groups (broad SMARTS) is 1. The second kappa shape index (κ2) is 6.80. The fourth-order valence-electron chi connectivity index (χ4n) is 2.58. The third kappa shape index (κ3) is 4.36. The van der Waals surface area contributed by atoms with Gasteiger partial charge in [-0.15, -0.1) is 0 Å². The molecule has 2 rings (SSSR count). The lowest BCUT2D eigenvalue weighted by Crippen LogP contribution is -2.41. The first-order valence-corrected chi connectivity index (χ1v) is 7.33. The summed E-state index contributed by atoms with van der Waals surface area (Å²) in [6, 6.07) is 7.29. The van der Waals surface area contributed by atoms with Crippen LogP contribution in [0.3, 0.4) is 0 Å². The maximum absolute atomic E-state index is 10.9. The number of carbonyl (C=O) groups is 1. The summed E-state index contributed by atoms with van der Waals surface area (Å²) in [5, 5.41) is 19.4. The van der Waals surface area contributed by atoms with E-state index in [1.165, 1.54) is 0 Å². The molecular formula is C16H22O5. The largest absolute Gasteiger partial charge is 0.494 e. The van der Waals surface area contributed by atoms with Crippen LogP contribution in [0.4, 0.5) is 0 Å². The highest BCUT2D eigenvalue weighted by molar-refractivity contribution is 5.70. The minimum Gasteiger partial charge on any atom is -0.494 e. The third-order valence-corrected chi connectivity index (χ3v) is 3.89. The minimum absolute atomic E-state index is 0.176. The molecule has 0 unspecified atom stereocenters. The van der Waals surface area contributed by atoms with Crippen LogP contribution in [0.5, 0.6) is 11.5 Å². The van der Waals surface area contributed by atoms with E-state index in [4.69, 9.17) is 14.6 Å². The Bertz CT molecular complexity index is 477. The highest BCUT2D eigenvalue weighted by Gasteiger charge is 2.36. The van der Waals surface area contributed by atoms with E-state index in [1.54, 1.807) is 6.07 Å². The van der Waals surface area contributed by atoms with Crippen LogP contribution in [0.1, 0.15) is 32.6 Å². The average molecular weight is 294 g/mol. The molecule has 0 heterocycles. The average Bonchev–Trinajstić information content (AvgIpc) is 2.47. The molecule has 1 aliphatic carbocycles. The molecule has 0 radical (unpaired) electrons. The highest BCUT2D eigenvalue weighted by Crippen LogP contribution is 2.33. The second-order valence-corrected chi connectivity index (χ2v) is 5.53. The molecule has 5 nitrogen and oxygen atoms in total. The number of aliphatic hydroxyl groups is 1. The van der Waals surface area contributed by atoms with E-state index in [0.29, 0.717) is 38.0 Å². The summed E-state index contributed by atoms with van der Waals surface area (Å²) in [6.45, 7) is 2.68. The zero-order chi connectivity index (χ0) is 15.3. The van der Waals surface area contributed by atoms with Crippen molar-refractivity contribution in [3.63, 3.8) is 0 Å². The molecule has 1 aromatic carbocycles. The van der Waals surface area contributed by atoms with Crippen molar-refractivity contribution in [1.82, 2.24) is 0 Å². The first-order chi connectivity index (χ1) is 10.0. The number of hydrogen-bond acceptors (Lipinski definition) is 4. The summed E-state index contributed by atoms with van der Waals surface area (Å²) in [5.74, 6) is 0.264. The van der Waals surface area contributed by atoms with Crippen LogP contribution in [0, 0.1) is 5.92 Å². The topological polar surface area (TPSA) is 76.0 Å². The lowest BCUT2D eigenvalue weighted by Gasteiger charge is -2.34. The Morgan fingerprint density at radius 1 is 1.29 bits per heavy atom. The molecule has 21 heavy (non-hydrogen) atoms. The van der Waals surface area contributed by atoms with Gasteiger partial charge in [0.05, 0.1) is 18.1 Å². The van der Waals surface area contributed by atoms with Crippen molar-refractivity contribution in [2.45, 2.75) is 38.2 Å². The third-order valence-electron chi connectivity index (χ3n) is 3.89. The zero-order valence-electron chi connectivity index (χ0n) is 12.2. The SMILES string of the molecule is CCOc1cccc(OCC2(O)CCC(C(=O)O)CC2)c1. The molecule has 5 heteroatoms. The van der Waals surface area contributed by atoms with Gasteiger partial charge >= 0.3 is 5.97 Å². The van der Waals surface area contributed by atoms with Gasteiger partial charge < -0.3 is 19.7 Å². The maximum atomic E-state index is 10.9. The summed E-state index contributed by atoms with van der Waals surface area (Å²) in [4.78, 5) is 10.9. The van der Waals surface area contributed by atoms with Crippen molar-refractivity contribution in [2.24, 2.45) is 5.92 Å². The summed E-state index contributed by atoms with van der Waals surface area (Å²) >= 11 is 0. The van der Waals surface area contributed by atoms with Crippen LogP contribution in [-0.4, -0.2) is 35.0 Å².